The van der Waals surface area contributed by atoms with Gasteiger partial charge in [0.15, 0.2) is 11.5 Å². The number of nitrogens with one attached hydrogen (secondary N) is 1. The summed E-state index contributed by atoms with van der Waals surface area (Å²) in [7, 11) is 5.07. The molecule has 0 aromatic heterocycles. The van der Waals surface area contributed by atoms with Crippen LogP contribution in [0.1, 0.15) is 33.9 Å². The van der Waals surface area contributed by atoms with Crippen molar-refractivity contribution >= 4 is 0 Å². The maximum absolute atomic E-state index is 5.50. The molecular weight excluding hydrogens is 302 g/mol. The molecule has 4 heteroatoms. The summed E-state index contributed by atoms with van der Waals surface area (Å²) in [5, 5.41) is 3.65. The van der Waals surface area contributed by atoms with Crippen LogP contribution in [0.2, 0.25) is 0 Å². The van der Waals surface area contributed by atoms with Gasteiger partial charge in [0.25, 0.3) is 0 Å². The second-order valence-corrected chi connectivity index (χ2v) is 6.15. The number of rotatable bonds is 4. The van der Waals surface area contributed by atoms with Crippen LogP contribution in [0.25, 0.3) is 0 Å². The first-order valence-electron chi connectivity index (χ1n) is 8.23. The molecule has 2 aromatic rings. The van der Waals surface area contributed by atoms with Gasteiger partial charge in [0.2, 0.25) is 0 Å². The van der Waals surface area contributed by atoms with Gasteiger partial charge in [-0.3, -0.25) is 0 Å². The fraction of sp³-hybridized carbons (Fsp3) is 0.400. The third-order valence-corrected chi connectivity index (χ3v) is 5.01. The zero-order valence-corrected chi connectivity index (χ0v) is 15.0. The fourth-order valence-electron chi connectivity index (χ4n) is 3.51. The fourth-order valence-corrected chi connectivity index (χ4v) is 3.51. The van der Waals surface area contributed by atoms with Gasteiger partial charge in [-0.2, -0.15) is 0 Å². The number of benzene rings is 2. The summed E-state index contributed by atoms with van der Waals surface area (Å²) in [5.74, 6) is 2.49. The molecule has 0 amide bonds. The topological polar surface area (TPSA) is 39.7 Å². The second kappa shape index (κ2) is 6.73. The minimum atomic E-state index is 0.151. The SMILES string of the molecule is COc1cc2c(cc1OC)C(c1ccc(OC)c(C)c1C)NCC2. The summed E-state index contributed by atoms with van der Waals surface area (Å²) < 4.78 is 16.4. The molecule has 1 atom stereocenters. The Morgan fingerprint density at radius 1 is 0.833 bits per heavy atom. The Hall–Kier alpha value is -2.20. The highest BCUT2D eigenvalue weighted by molar-refractivity contribution is 5.54. The van der Waals surface area contributed by atoms with Crippen molar-refractivity contribution in [3.63, 3.8) is 0 Å². The van der Waals surface area contributed by atoms with E-state index in [0.717, 1.165) is 30.2 Å². The molecule has 0 saturated carbocycles. The third-order valence-electron chi connectivity index (χ3n) is 5.01. The lowest BCUT2D eigenvalue weighted by Gasteiger charge is -2.30. The van der Waals surface area contributed by atoms with Gasteiger partial charge in [-0.25, -0.2) is 0 Å². The zero-order chi connectivity index (χ0) is 17.3. The molecule has 0 aliphatic carbocycles. The Morgan fingerprint density at radius 3 is 2.17 bits per heavy atom. The molecule has 0 saturated heterocycles. The highest BCUT2D eigenvalue weighted by Crippen LogP contribution is 2.39. The van der Waals surface area contributed by atoms with E-state index in [1.54, 1.807) is 21.3 Å². The average molecular weight is 327 g/mol. The molecule has 0 spiro atoms. The molecule has 0 bridgehead atoms. The molecule has 0 radical (unpaired) electrons. The average Bonchev–Trinajstić information content (AvgIpc) is 2.62. The number of hydrogen-bond donors (Lipinski definition) is 1. The van der Waals surface area contributed by atoms with Crippen molar-refractivity contribution in [2.75, 3.05) is 27.9 Å². The minimum absolute atomic E-state index is 0.151. The molecule has 0 fully saturated rings. The van der Waals surface area contributed by atoms with Crippen molar-refractivity contribution < 1.29 is 14.2 Å². The van der Waals surface area contributed by atoms with Crippen molar-refractivity contribution in [2.45, 2.75) is 26.3 Å². The highest BCUT2D eigenvalue weighted by atomic mass is 16.5. The van der Waals surface area contributed by atoms with Crippen LogP contribution in [0.3, 0.4) is 0 Å². The third kappa shape index (κ3) is 2.71. The first kappa shape index (κ1) is 16.7. The predicted octanol–water partition coefficient (Wildman–Crippen LogP) is 3.56. The van der Waals surface area contributed by atoms with E-state index in [4.69, 9.17) is 14.2 Å². The Bertz CT molecular complexity index is 755. The van der Waals surface area contributed by atoms with Crippen LogP contribution in [-0.2, 0) is 6.42 Å². The zero-order valence-electron chi connectivity index (χ0n) is 15.0. The summed E-state index contributed by atoms with van der Waals surface area (Å²) >= 11 is 0. The molecule has 3 rings (SSSR count). The normalized spacial score (nSPS) is 16.5. The molecule has 1 aliphatic rings. The molecule has 1 aliphatic heterocycles. The van der Waals surface area contributed by atoms with Gasteiger partial charge in [0.05, 0.1) is 27.4 Å². The van der Waals surface area contributed by atoms with Crippen molar-refractivity contribution in [3.8, 4) is 17.2 Å². The van der Waals surface area contributed by atoms with Crippen LogP contribution in [0.15, 0.2) is 24.3 Å². The summed E-state index contributed by atoms with van der Waals surface area (Å²) in [6.45, 7) is 5.21. The molecule has 128 valence electrons. The Morgan fingerprint density at radius 2 is 1.50 bits per heavy atom. The van der Waals surface area contributed by atoms with Crippen LogP contribution in [0.5, 0.6) is 17.2 Å². The van der Waals surface area contributed by atoms with Crippen LogP contribution in [0.4, 0.5) is 0 Å². The van der Waals surface area contributed by atoms with E-state index < -0.39 is 0 Å². The van der Waals surface area contributed by atoms with Gasteiger partial charge in [-0.1, -0.05) is 6.07 Å². The van der Waals surface area contributed by atoms with E-state index in [1.165, 1.54) is 27.8 Å². The predicted molar refractivity (Wildman–Crippen MR) is 95.6 cm³/mol. The molecule has 1 unspecified atom stereocenters. The van der Waals surface area contributed by atoms with Gasteiger partial charge < -0.3 is 19.5 Å². The first-order valence-corrected chi connectivity index (χ1v) is 8.23. The number of fused-ring (bicyclic) bond motifs is 1. The lowest BCUT2D eigenvalue weighted by Crippen LogP contribution is -2.31. The van der Waals surface area contributed by atoms with Crippen LogP contribution in [-0.4, -0.2) is 27.9 Å². The van der Waals surface area contributed by atoms with Crippen LogP contribution < -0.4 is 19.5 Å². The standard InChI is InChI=1S/C20H25NO3/c1-12-13(2)17(22-3)7-6-15(12)20-16-11-19(24-5)18(23-4)10-14(16)8-9-21-20/h6-7,10-11,20-21H,8-9H2,1-5H3. The van der Waals surface area contributed by atoms with Crippen LogP contribution >= 0.6 is 0 Å². The Labute approximate surface area is 143 Å². The maximum atomic E-state index is 5.50. The molecule has 1 heterocycles. The van der Waals surface area contributed by atoms with Crippen LogP contribution in [0, 0.1) is 13.8 Å². The van der Waals surface area contributed by atoms with Crippen molar-refractivity contribution in [3.05, 3.63) is 52.1 Å². The number of methoxy groups -OCH3 is 3. The van der Waals surface area contributed by atoms with E-state index in [0.29, 0.717) is 0 Å². The van der Waals surface area contributed by atoms with Gasteiger partial charge >= 0.3 is 0 Å². The molecular formula is C20H25NO3. The summed E-state index contributed by atoms with van der Waals surface area (Å²) in [6.07, 6.45) is 0.986. The van der Waals surface area contributed by atoms with Crippen molar-refractivity contribution in [2.24, 2.45) is 0 Å². The Balaban J connectivity index is 2.12. The minimum Gasteiger partial charge on any atom is -0.496 e. The summed E-state index contributed by atoms with van der Waals surface area (Å²) in [6, 6.07) is 8.56. The smallest absolute Gasteiger partial charge is 0.161 e. The second-order valence-electron chi connectivity index (χ2n) is 6.15. The summed E-state index contributed by atoms with van der Waals surface area (Å²) in [4.78, 5) is 0. The first-order chi connectivity index (χ1) is 11.6. The van der Waals surface area contributed by atoms with Gasteiger partial charge in [-0.15, -0.1) is 0 Å². The van der Waals surface area contributed by atoms with E-state index in [1.807, 2.05) is 6.07 Å². The molecule has 24 heavy (non-hydrogen) atoms. The lowest BCUT2D eigenvalue weighted by atomic mass is 9.86. The van der Waals surface area contributed by atoms with Gasteiger partial charge in [0, 0.05) is 6.54 Å². The summed E-state index contributed by atoms with van der Waals surface area (Å²) in [5.41, 5.74) is 6.29. The monoisotopic (exact) mass is 327 g/mol. The van der Waals surface area contributed by atoms with E-state index in [9.17, 15) is 0 Å². The lowest BCUT2D eigenvalue weighted by molar-refractivity contribution is 0.353. The highest BCUT2D eigenvalue weighted by Gasteiger charge is 2.25. The van der Waals surface area contributed by atoms with Gasteiger partial charge in [-0.05, 0) is 66.3 Å². The van der Waals surface area contributed by atoms with E-state index in [-0.39, 0.29) is 6.04 Å². The molecule has 4 nitrogen and oxygen atoms in total. The quantitative estimate of drug-likeness (QED) is 0.932. The molecule has 1 N–H and O–H groups in total. The van der Waals surface area contributed by atoms with Gasteiger partial charge in [0.1, 0.15) is 5.75 Å². The van der Waals surface area contributed by atoms with E-state index >= 15 is 0 Å². The maximum Gasteiger partial charge on any atom is 0.161 e. The number of hydrogen-bond acceptors (Lipinski definition) is 4. The van der Waals surface area contributed by atoms with E-state index in [2.05, 4.69) is 37.4 Å². The van der Waals surface area contributed by atoms with Crippen molar-refractivity contribution in [1.29, 1.82) is 0 Å². The Kier molecular flexibility index (Phi) is 4.67. The largest absolute Gasteiger partial charge is 0.496 e. The van der Waals surface area contributed by atoms with Crippen molar-refractivity contribution in [1.82, 2.24) is 5.32 Å². The molecule has 2 aromatic carbocycles. The number of ether oxygens (including phenoxy) is 3.